The molecule has 1 saturated heterocycles. The lowest BCUT2D eigenvalue weighted by atomic mass is 10.2. The van der Waals surface area contributed by atoms with Crippen LogP contribution in [0.15, 0.2) is 18.3 Å². The number of nitrogens with zero attached hydrogens (tertiary/aromatic N) is 2. The van der Waals surface area contributed by atoms with Crippen molar-refractivity contribution in [3.05, 3.63) is 23.9 Å². The van der Waals surface area contributed by atoms with Crippen molar-refractivity contribution in [2.45, 2.75) is 32.0 Å². The molecule has 0 spiro atoms. The van der Waals surface area contributed by atoms with E-state index in [4.69, 9.17) is 0 Å². The minimum absolute atomic E-state index is 0.177. The normalized spacial score (nSPS) is 17.9. The fraction of sp³-hybridized carbons (Fsp3) is 0.500. The molecule has 1 aromatic rings. The summed E-state index contributed by atoms with van der Waals surface area (Å²) in [4.78, 5) is 29.0. The first-order valence-electron chi connectivity index (χ1n) is 7.00. The maximum Gasteiger partial charge on any atom is 0.422 e. The summed E-state index contributed by atoms with van der Waals surface area (Å²) in [5.41, 5.74) is 0.741. The van der Waals surface area contributed by atoms with Gasteiger partial charge in [-0.05, 0) is 31.4 Å². The topological polar surface area (TPSA) is 71.5 Å². The summed E-state index contributed by atoms with van der Waals surface area (Å²) in [6, 6.07) is 2.60. The standard InChI is InChI=1S/C14H16F3N3O3/c1-9-4-2-6-18-11(9)19-12(21)10-5-3-7-20(10)13(22)23-8-14(15,16)17/h2,4,6,10H,3,5,7-8H2,1H3,(H,18,19,21)/t10-/m1/s1. The number of amides is 2. The third kappa shape index (κ3) is 4.57. The number of carbonyl (C=O) groups is 2. The number of anilines is 1. The van der Waals surface area contributed by atoms with Gasteiger partial charge < -0.3 is 10.1 Å². The fourth-order valence-electron chi connectivity index (χ4n) is 2.30. The first-order valence-corrected chi connectivity index (χ1v) is 7.00. The average Bonchev–Trinajstić information content (AvgIpc) is 2.96. The molecule has 1 atom stereocenters. The van der Waals surface area contributed by atoms with Gasteiger partial charge in [-0.25, -0.2) is 9.78 Å². The molecule has 0 saturated carbocycles. The van der Waals surface area contributed by atoms with Crippen LogP contribution in [0.4, 0.5) is 23.8 Å². The minimum Gasteiger partial charge on any atom is -0.440 e. The lowest BCUT2D eigenvalue weighted by Gasteiger charge is -2.23. The summed E-state index contributed by atoms with van der Waals surface area (Å²) in [5, 5.41) is 2.59. The van der Waals surface area contributed by atoms with E-state index in [2.05, 4.69) is 15.0 Å². The summed E-state index contributed by atoms with van der Waals surface area (Å²) in [7, 11) is 0. The van der Waals surface area contributed by atoms with E-state index in [1.165, 1.54) is 6.20 Å². The average molecular weight is 331 g/mol. The number of pyridine rings is 1. The molecule has 1 fully saturated rings. The Hall–Kier alpha value is -2.32. The Morgan fingerprint density at radius 1 is 1.48 bits per heavy atom. The van der Waals surface area contributed by atoms with Gasteiger partial charge in [-0.15, -0.1) is 0 Å². The van der Waals surface area contributed by atoms with Gasteiger partial charge >= 0.3 is 12.3 Å². The number of aryl methyl sites for hydroxylation is 1. The van der Waals surface area contributed by atoms with Gasteiger partial charge in [0.05, 0.1) is 0 Å². The molecular weight excluding hydrogens is 315 g/mol. The number of nitrogens with one attached hydrogen (secondary N) is 1. The van der Waals surface area contributed by atoms with Crippen molar-refractivity contribution in [1.29, 1.82) is 0 Å². The van der Waals surface area contributed by atoms with Crippen LogP contribution in [0.1, 0.15) is 18.4 Å². The van der Waals surface area contributed by atoms with Crippen LogP contribution in [-0.2, 0) is 9.53 Å². The van der Waals surface area contributed by atoms with Crippen molar-refractivity contribution in [2.24, 2.45) is 0 Å². The zero-order valence-corrected chi connectivity index (χ0v) is 12.4. The highest BCUT2D eigenvalue weighted by Crippen LogP contribution is 2.22. The van der Waals surface area contributed by atoms with Gasteiger partial charge in [0.15, 0.2) is 6.61 Å². The van der Waals surface area contributed by atoms with Crippen LogP contribution in [-0.4, -0.2) is 47.3 Å². The van der Waals surface area contributed by atoms with Crippen LogP contribution >= 0.6 is 0 Å². The Labute approximate surface area is 130 Å². The highest BCUT2D eigenvalue weighted by Gasteiger charge is 2.37. The maximum absolute atomic E-state index is 12.3. The van der Waals surface area contributed by atoms with Gasteiger partial charge in [0, 0.05) is 12.7 Å². The number of hydrogen-bond acceptors (Lipinski definition) is 4. The van der Waals surface area contributed by atoms with Gasteiger partial charge in [0.25, 0.3) is 0 Å². The fourth-order valence-corrected chi connectivity index (χ4v) is 2.30. The Morgan fingerprint density at radius 3 is 2.87 bits per heavy atom. The van der Waals surface area contributed by atoms with Crippen LogP contribution in [0.3, 0.4) is 0 Å². The Morgan fingerprint density at radius 2 is 2.22 bits per heavy atom. The number of ether oxygens (including phenoxy) is 1. The molecule has 0 aliphatic carbocycles. The van der Waals surface area contributed by atoms with Crippen LogP contribution in [0.5, 0.6) is 0 Å². The quantitative estimate of drug-likeness (QED) is 0.924. The molecule has 0 bridgehead atoms. The molecule has 1 aliphatic rings. The van der Waals surface area contributed by atoms with E-state index >= 15 is 0 Å². The molecular formula is C14H16F3N3O3. The Bertz CT molecular complexity index is 592. The number of alkyl halides is 3. The summed E-state index contributed by atoms with van der Waals surface area (Å²) < 4.78 is 40.5. The van der Waals surface area contributed by atoms with E-state index in [9.17, 15) is 22.8 Å². The van der Waals surface area contributed by atoms with Crippen molar-refractivity contribution in [1.82, 2.24) is 9.88 Å². The number of likely N-dealkylation sites (tertiary alicyclic amines) is 1. The van der Waals surface area contributed by atoms with Gasteiger partial charge in [-0.3, -0.25) is 9.69 Å². The zero-order valence-electron chi connectivity index (χ0n) is 12.4. The number of carbonyl (C=O) groups excluding carboxylic acids is 2. The molecule has 2 amide bonds. The molecule has 0 aromatic carbocycles. The minimum atomic E-state index is -4.60. The second-order valence-corrected chi connectivity index (χ2v) is 5.18. The molecule has 1 N–H and O–H groups in total. The van der Waals surface area contributed by atoms with E-state index in [1.54, 1.807) is 19.1 Å². The molecule has 0 unspecified atom stereocenters. The van der Waals surface area contributed by atoms with Gasteiger partial charge in [0.1, 0.15) is 11.9 Å². The van der Waals surface area contributed by atoms with Gasteiger partial charge in [-0.2, -0.15) is 13.2 Å². The smallest absolute Gasteiger partial charge is 0.422 e. The number of rotatable bonds is 3. The Balaban J connectivity index is 1.99. The maximum atomic E-state index is 12.3. The largest absolute Gasteiger partial charge is 0.440 e. The van der Waals surface area contributed by atoms with E-state index in [1.807, 2.05) is 0 Å². The van der Waals surface area contributed by atoms with Crippen LogP contribution in [0.2, 0.25) is 0 Å². The number of hydrogen-bond donors (Lipinski definition) is 1. The highest BCUT2D eigenvalue weighted by atomic mass is 19.4. The van der Waals surface area contributed by atoms with Crippen LogP contribution in [0.25, 0.3) is 0 Å². The van der Waals surface area contributed by atoms with Crippen molar-refractivity contribution in [3.8, 4) is 0 Å². The SMILES string of the molecule is Cc1cccnc1NC(=O)[C@H]1CCCN1C(=O)OCC(F)(F)F. The van der Waals surface area contributed by atoms with Crippen molar-refractivity contribution >= 4 is 17.8 Å². The van der Waals surface area contributed by atoms with E-state index < -0.39 is 30.8 Å². The Kier molecular flexibility index (Phi) is 5.07. The lowest BCUT2D eigenvalue weighted by molar-refractivity contribution is -0.162. The van der Waals surface area contributed by atoms with E-state index in [-0.39, 0.29) is 6.54 Å². The van der Waals surface area contributed by atoms with Crippen LogP contribution < -0.4 is 5.32 Å². The van der Waals surface area contributed by atoms with Crippen molar-refractivity contribution in [3.63, 3.8) is 0 Å². The van der Waals surface area contributed by atoms with E-state index in [0.717, 1.165) is 10.5 Å². The lowest BCUT2D eigenvalue weighted by Crippen LogP contribution is -2.44. The molecule has 1 aromatic heterocycles. The summed E-state index contributed by atoms with van der Waals surface area (Å²) in [6.07, 6.45) is -3.36. The molecule has 9 heteroatoms. The van der Waals surface area contributed by atoms with Crippen molar-refractivity contribution in [2.75, 3.05) is 18.5 Å². The molecule has 6 nitrogen and oxygen atoms in total. The predicted octanol–water partition coefficient (Wildman–Crippen LogP) is 2.49. The van der Waals surface area contributed by atoms with Crippen molar-refractivity contribution < 1.29 is 27.5 Å². The summed E-state index contributed by atoms with van der Waals surface area (Å²) >= 11 is 0. The molecule has 126 valence electrons. The zero-order chi connectivity index (χ0) is 17.0. The summed E-state index contributed by atoms with van der Waals surface area (Å²) in [5.74, 6) is -0.138. The molecule has 0 radical (unpaired) electrons. The third-order valence-electron chi connectivity index (χ3n) is 3.40. The first kappa shape index (κ1) is 17.0. The molecule has 23 heavy (non-hydrogen) atoms. The molecule has 1 aliphatic heterocycles. The first-order chi connectivity index (χ1) is 10.8. The highest BCUT2D eigenvalue weighted by molar-refractivity contribution is 5.96. The molecule has 2 heterocycles. The van der Waals surface area contributed by atoms with Gasteiger partial charge in [-0.1, -0.05) is 6.07 Å². The predicted molar refractivity (Wildman–Crippen MR) is 74.7 cm³/mol. The number of halogens is 3. The molecule has 2 rings (SSSR count). The second-order valence-electron chi connectivity index (χ2n) is 5.18. The third-order valence-corrected chi connectivity index (χ3v) is 3.40. The number of aromatic nitrogens is 1. The monoisotopic (exact) mass is 331 g/mol. The van der Waals surface area contributed by atoms with E-state index in [0.29, 0.717) is 18.7 Å². The van der Waals surface area contributed by atoms with Crippen LogP contribution in [0, 0.1) is 6.92 Å². The second kappa shape index (κ2) is 6.84. The van der Waals surface area contributed by atoms with Gasteiger partial charge in [0.2, 0.25) is 5.91 Å². The summed E-state index contributed by atoms with van der Waals surface area (Å²) in [6.45, 7) is 0.263.